The number of hydrogen-bond acceptors (Lipinski definition) is 3. The molecule has 0 radical (unpaired) electrons. The highest BCUT2D eigenvalue weighted by atomic mass is 16.5. The Morgan fingerprint density at radius 1 is 1.47 bits per heavy atom. The molecule has 98 valence electrons. The molecule has 17 heavy (non-hydrogen) atoms. The molecule has 2 unspecified atom stereocenters. The molecule has 0 aliphatic carbocycles. The van der Waals surface area contributed by atoms with Crippen molar-refractivity contribution in [3.8, 4) is 0 Å². The summed E-state index contributed by atoms with van der Waals surface area (Å²) >= 11 is 0. The molecule has 0 amide bonds. The fourth-order valence-corrected chi connectivity index (χ4v) is 2.11. The van der Waals surface area contributed by atoms with Crippen LogP contribution in [0, 0.1) is 5.41 Å². The highest BCUT2D eigenvalue weighted by Crippen LogP contribution is 2.31. The summed E-state index contributed by atoms with van der Waals surface area (Å²) in [7, 11) is 1.63. The molecule has 0 saturated carbocycles. The summed E-state index contributed by atoms with van der Waals surface area (Å²) in [5, 5.41) is 10.4. The predicted molar refractivity (Wildman–Crippen MR) is 67.7 cm³/mol. The number of hydrogen-bond donors (Lipinski definition) is 1. The van der Waals surface area contributed by atoms with Crippen LogP contribution in [-0.4, -0.2) is 27.9 Å². The number of aromatic nitrogens is 2. The maximum absolute atomic E-state index is 10.4. The van der Waals surface area contributed by atoms with E-state index in [1.165, 1.54) is 0 Å². The van der Waals surface area contributed by atoms with Crippen molar-refractivity contribution in [3.63, 3.8) is 0 Å². The molecule has 0 saturated heterocycles. The van der Waals surface area contributed by atoms with E-state index in [4.69, 9.17) is 4.74 Å². The van der Waals surface area contributed by atoms with Gasteiger partial charge in [-0.1, -0.05) is 27.7 Å². The average Bonchev–Trinajstić information content (AvgIpc) is 2.65. The second kappa shape index (κ2) is 5.65. The minimum absolute atomic E-state index is 0.128. The van der Waals surface area contributed by atoms with Crippen LogP contribution in [0.3, 0.4) is 0 Å². The van der Waals surface area contributed by atoms with E-state index >= 15 is 0 Å². The van der Waals surface area contributed by atoms with Gasteiger partial charge in [-0.15, -0.1) is 0 Å². The van der Waals surface area contributed by atoms with Crippen LogP contribution in [0.25, 0.3) is 0 Å². The molecule has 1 N–H and O–H groups in total. The van der Waals surface area contributed by atoms with Crippen LogP contribution in [-0.2, 0) is 11.3 Å². The Bertz CT molecular complexity index is 341. The first-order valence-corrected chi connectivity index (χ1v) is 6.13. The van der Waals surface area contributed by atoms with Gasteiger partial charge in [-0.2, -0.15) is 0 Å². The highest BCUT2D eigenvalue weighted by molar-refractivity contribution is 5.01. The maximum atomic E-state index is 10.4. The lowest BCUT2D eigenvalue weighted by molar-refractivity contribution is -0.0768. The number of ether oxygens (including phenoxy) is 1. The first-order chi connectivity index (χ1) is 7.91. The molecule has 0 fully saturated rings. The van der Waals surface area contributed by atoms with Gasteiger partial charge >= 0.3 is 0 Å². The molecule has 1 heterocycles. The highest BCUT2D eigenvalue weighted by Gasteiger charge is 2.34. The summed E-state index contributed by atoms with van der Waals surface area (Å²) in [5.41, 5.74) is -0.128. The number of aryl methyl sites for hydroxylation is 1. The van der Waals surface area contributed by atoms with Gasteiger partial charge in [0.25, 0.3) is 0 Å². The second-order valence-corrected chi connectivity index (χ2v) is 5.45. The fraction of sp³-hybridized carbons (Fsp3) is 0.769. The van der Waals surface area contributed by atoms with Crippen molar-refractivity contribution in [2.75, 3.05) is 7.11 Å². The average molecular weight is 240 g/mol. The Hall–Kier alpha value is -0.870. The van der Waals surface area contributed by atoms with Crippen molar-refractivity contribution in [1.82, 2.24) is 9.55 Å². The molecule has 0 bridgehead atoms. The van der Waals surface area contributed by atoms with Crippen molar-refractivity contribution in [2.24, 2.45) is 5.41 Å². The molecule has 1 rings (SSSR count). The Morgan fingerprint density at radius 3 is 2.59 bits per heavy atom. The molecule has 0 aliphatic rings. The van der Waals surface area contributed by atoms with Gasteiger partial charge in [-0.3, -0.25) is 0 Å². The Balaban J connectivity index is 2.93. The topological polar surface area (TPSA) is 47.3 Å². The predicted octanol–water partition coefficient (Wildman–Crippen LogP) is 2.39. The van der Waals surface area contributed by atoms with Crippen molar-refractivity contribution in [1.29, 1.82) is 0 Å². The number of imidazole rings is 1. The largest absolute Gasteiger partial charge is 0.382 e. The Morgan fingerprint density at radius 2 is 2.12 bits per heavy atom. The first-order valence-electron chi connectivity index (χ1n) is 6.13. The summed E-state index contributed by atoms with van der Waals surface area (Å²) in [6.07, 6.45) is 3.69. The minimum Gasteiger partial charge on any atom is -0.382 e. The minimum atomic E-state index is -0.693. The van der Waals surface area contributed by atoms with Gasteiger partial charge in [0.05, 0.1) is 6.10 Å². The van der Waals surface area contributed by atoms with E-state index in [1.54, 1.807) is 13.3 Å². The van der Waals surface area contributed by atoms with Crippen LogP contribution in [0.4, 0.5) is 0 Å². The van der Waals surface area contributed by atoms with Crippen LogP contribution in [0.15, 0.2) is 12.4 Å². The smallest absolute Gasteiger partial charge is 0.140 e. The summed E-state index contributed by atoms with van der Waals surface area (Å²) in [6.45, 7) is 9.13. The van der Waals surface area contributed by atoms with Crippen molar-refractivity contribution in [2.45, 2.75) is 52.9 Å². The quantitative estimate of drug-likeness (QED) is 0.859. The second-order valence-electron chi connectivity index (χ2n) is 5.45. The summed E-state index contributed by atoms with van der Waals surface area (Å²) in [6, 6.07) is 0. The van der Waals surface area contributed by atoms with Gasteiger partial charge in [-0.25, -0.2) is 4.98 Å². The zero-order chi connectivity index (χ0) is 13.1. The van der Waals surface area contributed by atoms with Crippen molar-refractivity contribution < 1.29 is 9.84 Å². The molecule has 0 aromatic carbocycles. The number of methoxy groups -OCH3 is 1. The van der Waals surface area contributed by atoms with Crippen LogP contribution in [0.5, 0.6) is 0 Å². The van der Waals surface area contributed by atoms with E-state index in [-0.39, 0.29) is 11.5 Å². The third-order valence-corrected chi connectivity index (χ3v) is 2.87. The molecule has 1 aromatic heterocycles. The van der Waals surface area contributed by atoms with Crippen LogP contribution < -0.4 is 0 Å². The van der Waals surface area contributed by atoms with E-state index in [0.29, 0.717) is 5.82 Å². The molecule has 0 spiro atoms. The van der Waals surface area contributed by atoms with Gasteiger partial charge in [0.1, 0.15) is 11.9 Å². The van der Waals surface area contributed by atoms with Gasteiger partial charge in [0.15, 0.2) is 0 Å². The Labute approximate surface area is 104 Å². The van der Waals surface area contributed by atoms with Crippen LogP contribution in [0.2, 0.25) is 0 Å². The maximum Gasteiger partial charge on any atom is 0.140 e. The van der Waals surface area contributed by atoms with Gasteiger partial charge < -0.3 is 14.4 Å². The number of aliphatic hydroxyl groups excluding tert-OH is 1. The number of aliphatic hydroxyl groups is 1. The lowest BCUT2D eigenvalue weighted by atomic mass is 9.85. The number of rotatable bonds is 5. The third-order valence-electron chi connectivity index (χ3n) is 2.87. The summed E-state index contributed by atoms with van der Waals surface area (Å²) in [5.74, 6) is 0.689. The van der Waals surface area contributed by atoms with Gasteiger partial charge in [0, 0.05) is 26.0 Å². The fourth-order valence-electron chi connectivity index (χ4n) is 2.11. The lowest BCUT2D eigenvalue weighted by Crippen LogP contribution is -2.35. The van der Waals surface area contributed by atoms with E-state index in [0.717, 1.165) is 13.0 Å². The monoisotopic (exact) mass is 240 g/mol. The third kappa shape index (κ3) is 3.30. The SMILES string of the molecule is CCCn1ccnc1C(O)C(OC)C(C)(C)C. The lowest BCUT2D eigenvalue weighted by Gasteiger charge is -2.33. The molecular formula is C13H24N2O2. The van der Waals surface area contributed by atoms with E-state index < -0.39 is 6.10 Å². The molecular weight excluding hydrogens is 216 g/mol. The van der Waals surface area contributed by atoms with E-state index in [9.17, 15) is 5.11 Å². The number of nitrogens with zero attached hydrogens (tertiary/aromatic N) is 2. The molecule has 4 heteroatoms. The summed E-state index contributed by atoms with van der Waals surface area (Å²) < 4.78 is 7.42. The zero-order valence-corrected chi connectivity index (χ0v) is 11.5. The first kappa shape index (κ1) is 14.2. The molecule has 4 nitrogen and oxygen atoms in total. The van der Waals surface area contributed by atoms with E-state index in [1.807, 2.05) is 10.8 Å². The molecule has 2 atom stereocenters. The van der Waals surface area contributed by atoms with Gasteiger partial charge in [-0.05, 0) is 11.8 Å². The Kier molecular flexibility index (Phi) is 4.71. The normalized spacial score (nSPS) is 15.9. The molecule has 1 aromatic rings. The zero-order valence-electron chi connectivity index (χ0n) is 11.5. The van der Waals surface area contributed by atoms with Crippen LogP contribution >= 0.6 is 0 Å². The van der Waals surface area contributed by atoms with Gasteiger partial charge in [0.2, 0.25) is 0 Å². The van der Waals surface area contributed by atoms with Crippen LogP contribution in [0.1, 0.15) is 46.0 Å². The summed E-state index contributed by atoms with van der Waals surface area (Å²) in [4.78, 5) is 4.25. The van der Waals surface area contributed by atoms with E-state index in [2.05, 4.69) is 32.7 Å². The molecule has 0 aliphatic heterocycles. The standard InChI is InChI=1S/C13H24N2O2/c1-6-8-15-9-7-14-12(15)10(16)11(17-5)13(2,3)4/h7,9-11,16H,6,8H2,1-5H3. The van der Waals surface area contributed by atoms with Crippen molar-refractivity contribution >= 4 is 0 Å². The van der Waals surface area contributed by atoms with Crippen molar-refractivity contribution in [3.05, 3.63) is 18.2 Å².